The van der Waals surface area contributed by atoms with Crippen molar-refractivity contribution in [2.24, 2.45) is 5.92 Å². The molecular weight excluding hydrogens is 346 g/mol. The van der Waals surface area contributed by atoms with Gasteiger partial charge in [-0.1, -0.05) is 18.7 Å². The van der Waals surface area contributed by atoms with E-state index in [0.29, 0.717) is 17.3 Å². The van der Waals surface area contributed by atoms with Crippen LogP contribution in [0.25, 0.3) is 0 Å². The fourth-order valence-corrected chi connectivity index (χ4v) is 3.65. The number of hydrogen-bond donors (Lipinski definition) is 1. The summed E-state index contributed by atoms with van der Waals surface area (Å²) in [4.78, 5) is 36.9. The summed E-state index contributed by atoms with van der Waals surface area (Å²) >= 11 is 1.07. The molecule has 0 saturated carbocycles. The molecule has 1 amide bonds. The van der Waals surface area contributed by atoms with Gasteiger partial charge in [0, 0.05) is 31.6 Å². The Morgan fingerprint density at radius 3 is 2.52 bits per heavy atom. The summed E-state index contributed by atoms with van der Waals surface area (Å²) < 4.78 is 10.7. The van der Waals surface area contributed by atoms with Crippen molar-refractivity contribution in [3.63, 3.8) is 0 Å². The molecule has 2 aliphatic heterocycles. The Hall–Kier alpha value is -2.22. The van der Waals surface area contributed by atoms with Crippen LogP contribution in [0.3, 0.4) is 0 Å². The smallest absolute Gasteiger partial charge is 0.326 e. The molecule has 0 fully saturated rings. The first kappa shape index (κ1) is 17.6. The topological polar surface area (TPSA) is 93.1 Å². The number of hydrogen-bond acceptors (Lipinski definition) is 6. The van der Waals surface area contributed by atoms with Crippen LogP contribution in [-0.2, 0) is 27.3 Å². The molecule has 1 N–H and O–H groups in total. The summed E-state index contributed by atoms with van der Waals surface area (Å²) in [7, 11) is 0. The molecule has 0 spiro atoms. The highest BCUT2D eigenvalue weighted by Crippen LogP contribution is 2.38. The van der Waals surface area contributed by atoms with Gasteiger partial charge in [0.1, 0.15) is 6.04 Å². The van der Waals surface area contributed by atoms with E-state index in [4.69, 9.17) is 9.47 Å². The third-order valence-electron chi connectivity index (χ3n) is 4.35. The van der Waals surface area contributed by atoms with Crippen LogP contribution in [0.15, 0.2) is 12.1 Å². The molecule has 1 aromatic rings. The Kier molecular flexibility index (Phi) is 4.89. The van der Waals surface area contributed by atoms with E-state index < -0.39 is 17.9 Å². The lowest BCUT2D eigenvalue weighted by molar-refractivity contribution is -0.152. The molecule has 0 aliphatic carbocycles. The Morgan fingerprint density at radius 2 is 1.92 bits per heavy atom. The molecule has 0 radical (unpaired) electrons. The minimum atomic E-state index is -1.04. The van der Waals surface area contributed by atoms with Crippen molar-refractivity contribution in [3.05, 3.63) is 23.3 Å². The Bertz CT molecular complexity index is 734. The number of benzene rings is 1. The zero-order valence-electron chi connectivity index (χ0n) is 14.0. The molecule has 134 valence electrons. The minimum Gasteiger partial charge on any atom is -0.480 e. The molecule has 2 atom stereocenters. The quantitative estimate of drug-likeness (QED) is 0.867. The van der Waals surface area contributed by atoms with Crippen molar-refractivity contribution < 1.29 is 29.0 Å². The van der Waals surface area contributed by atoms with E-state index >= 15 is 0 Å². The van der Waals surface area contributed by atoms with Gasteiger partial charge in [0.25, 0.3) is 0 Å². The molecular formula is C17H19NO6S. The second kappa shape index (κ2) is 6.95. The van der Waals surface area contributed by atoms with E-state index in [1.807, 2.05) is 6.07 Å². The van der Waals surface area contributed by atoms with Crippen molar-refractivity contribution in [1.82, 2.24) is 4.90 Å². The van der Waals surface area contributed by atoms with Crippen LogP contribution in [0.2, 0.25) is 0 Å². The first-order valence-corrected chi connectivity index (χ1v) is 8.93. The van der Waals surface area contributed by atoms with Crippen LogP contribution in [0.1, 0.15) is 25.0 Å². The van der Waals surface area contributed by atoms with E-state index in [0.717, 1.165) is 22.9 Å². The first-order chi connectivity index (χ1) is 11.9. The van der Waals surface area contributed by atoms with Gasteiger partial charge in [0.2, 0.25) is 12.7 Å². The number of rotatable bonds is 4. The maximum Gasteiger partial charge on any atom is 0.326 e. The third kappa shape index (κ3) is 3.58. The van der Waals surface area contributed by atoms with Crippen molar-refractivity contribution in [2.75, 3.05) is 12.5 Å². The summed E-state index contributed by atoms with van der Waals surface area (Å²) in [5.41, 5.74) is 1.72. The predicted octanol–water partition coefficient (Wildman–Crippen LogP) is 1.67. The average Bonchev–Trinajstić information content (AvgIpc) is 3.02. The summed E-state index contributed by atoms with van der Waals surface area (Å²) in [5.74, 6) is -0.182. The number of carbonyl (C=O) groups is 3. The Balaban J connectivity index is 1.84. The monoisotopic (exact) mass is 365 g/mol. The van der Waals surface area contributed by atoms with Gasteiger partial charge in [-0.2, -0.15) is 0 Å². The van der Waals surface area contributed by atoms with Gasteiger partial charge in [0.05, 0.1) is 0 Å². The summed E-state index contributed by atoms with van der Waals surface area (Å²) in [5, 5.41) is 9.50. The zero-order chi connectivity index (χ0) is 18.1. The molecule has 0 aromatic heterocycles. The normalized spacial score (nSPS) is 19.3. The largest absolute Gasteiger partial charge is 0.480 e. The van der Waals surface area contributed by atoms with Crippen LogP contribution in [0.4, 0.5) is 0 Å². The standard InChI is InChI=1S/C17H19NO6S/c1-9(7-25-10(2)19)16(20)18-6-12-5-15-14(23-8-24-15)4-11(12)3-13(18)17(21)22/h4-5,9,13H,3,6-8H2,1-2H3,(H,21,22)/t9?,13-/m1/s1. The fourth-order valence-electron chi connectivity index (χ4n) is 3.02. The number of aliphatic carboxylic acids is 1. The van der Waals surface area contributed by atoms with Crippen LogP contribution >= 0.6 is 11.8 Å². The predicted molar refractivity (Wildman–Crippen MR) is 90.5 cm³/mol. The van der Waals surface area contributed by atoms with E-state index in [1.165, 1.54) is 11.8 Å². The number of carboxylic acids is 1. The Morgan fingerprint density at radius 1 is 1.28 bits per heavy atom. The molecule has 2 aliphatic rings. The van der Waals surface area contributed by atoms with Gasteiger partial charge in [-0.05, 0) is 23.3 Å². The Labute approximate surface area is 149 Å². The number of fused-ring (bicyclic) bond motifs is 2. The number of thioether (sulfide) groups is 1. The number of nitrogens with zero attached hydrogens (tertiary/aromatic N) is 1. The van der Waals surface area contributed by atoms with E-state index in [9.17, 15) is 19.5 Å². The molecule has 7 nitrogen and oxygen atoms in total. The lowest BCUT2D eigenvalue weighted by Crippen LogP contribution is -2.50. The van der Waals surface area contributed by atoms with E-state index in [-0.39, 0.29) is 30.8 Å². The molecule has 1 unspecified atom stereocenters. The summed E-state index contributed by atoms with van der Waals surface area (Å²) in [6.45, 7) is 3.51. The van der Waals surface area contributed by atoms with Crippen molar-refractivity contribution in [3.8, 4) is 11.5 Å². The van der Waals surface area contributed by atoms with Gasteiger partial charge in [-0.15, -0.1) is 0 Å². The van der Waals surface area contributed by atoms with Crippen LogP contribution in [-0.4, -0.2) is 45.6 Å². The molecule has 8 heteroatoms. The minimum absolute atomic E-state index is 0.0638. The number of carboxylic acid groups (broad SMARTS) is 1. The molecule has 0 saturated heterocycles. The molecule has 1 aromatic carbocycles. The highest BCUT2D eigenvalue weighted by molar-refractivity contribution is 8.13. The third-order valence-corrected chi connectivity index (χ3v) is 5.42. The SMILES string of the molecule is CC(=O)SCC(C)C(=O)N1Cc2cc3c(cc2C[C@@H]1C(=O)O)OCO3. The number of ether oxygens (including phenoxy) is 2. The number of amides is 1. The van der Waals surface area contributed by atoms with Gasteiger partial charge >= 0.3 is 5.97 Å². The van der Waals surface area contributed by atoms with Crippen molar-refractivity contribution in [2.45, 2.75) is 32.9 Å². The molecule has 2 heterocycles. The lowest BCUT2D eigenvalue weighted by Gasteiger charge is -2.36. The molecule has 0 bridgehead atoms. The van der Waals surface area contributed by atoms with E-state index in [1.54, 1.807) is 13.0 Å². The fraction of sp³-hybridized carbons (Fsp3) is 0.471. The maximum atomic E-state index is 12.8. The second-order valence-electron chi connectivity index (χ2n) is 6.20. The van der Waals surface area contributed by atoms with Gasteiger partial charge in [-0.25, -0.2) is 4.79 Å². The van der Waals surface area contributed by atoms with Gasteiger partial charge < -0.3 is 19.5 Å². The van der Waals surface area contributed by atoms with Crippen LogP contribution in [0, 0.1) is 5.92 Å². The maximum absolute atomic E-state index is 12.8. The van der Waals surface area contributed by atoms with Crippen LogP contribution < -0.4 is 9.47 Å². The van der Waals surface area contributed by atoms with Gasteiger partial charge in [-0.3, -0.25) is 9.59 Å². The molecule has 25 heavy (non-hydrogen) atoms. The lowest BCUT2D eigenvalue weighted by atomic mass is 9.92. The number of carbonyl (C=O) groups excluding carboxylic acids is 2. The van der Waals surface area contributed by atoms with Crippen molar-refractivity contribution >= 4 is 28.8 Å². The first-order valence-electron chi connectivity index (χ1n) is 7.95. The molecule has 3 rings (SSSR count). The second-order valence-corrected chi connectivity index (χ2v) is 7.40. The highest BCUT2D eigenvalue weighted by Gasteiger charge is 2.37. The average molecular weight is 365 g/mol. The zero-order valence-corrected chi connectivity index (χ0v) is 14.8. The van der Waals surface area contributed by atoms with Gasteiger partial charge in [0.15, 0.2) is 16.6 Å². The van der Waals surface area contributed by atoms with E-state index in [2.05, 4.69) is 0 Å². The van der Waals surface area contributed by atoms with Crippen molar-refractivity contribution in [1.29, 1.82) is 0 Å². The summed E-state index contributed by atoms with van der Waals surface area (Å²) in [6, 6.07) is 2.68. The highest BCUT2D eigenvalue weighted by atomic mass is 32.2. The van der Waals surface area contributed by atoms with Crippen LogP contribution in [0.5, 0.6) is 11.5 Å². The summed E-state index contributed by atoms with van der Waals surface area (Å²) in [6.07, 6.45) is 0.222.